The Morgan fingerprint density at radius 1 is 1.50 bits per heavy atom. The second-order valence-corrected chi connectivity index (χ2v) is 5.75. The predicted molar refractivity (Wildman–Crippen MR) is 86.1 cm³/mol. The number of imidazole rings is 1. The summed E-state index contributed by atoms with van der Waals surface area (Å²) in [5.41, 5.74) is 0.728. The normalized spacial score (nSPS) is 26.9. The Kier molecular flexibility index (Phi) is 5.42. The molecule has 1 saturated heterocycles. The maximum atomic E-state index is 14.7. The summed E-state index contributed by atoms with van der Waals surface area (Å²) in [6.07, 6.45) is -0.116. The van der Waals surface area contributed by atoms with E-state index in [0.717, 1.165) is 0 Å². The molecule has 1 fully saturated rings. The molecule has 4 atom stereocenters. The molecule has 1 unspecified atom stereocenters. The zero-order chi connectivity index (χ0) is 17.1. The molecule has 11 heteroatoms. The fraction of sp³-hybridized carbons (Fsp3) is 0.462. The van der Waals surface area contributed by atoms with Gasteiger partial charge in [0.15, 0.2) is 23.6 Å². The van der Waals surface area contributed by atoms with E-state index in [2.05, 4.69) is 21.5 Å². The van der Waals surface area contributed by atoms with Gasteiger partial charge in [0, 0.05) is 0 Å². The molecule has 1 aliphatic heterocycles. The van der Waals surface area contributed by atoms with Crippen LogP contribution in [0, 0.1) is 0 Å². The molecule has 3 rings (SSSR count). The number of aromatic nitrogens is 4. The van der Waals surface area contributed by atoms with Crippen molar-refractivity contribution >= 4 is 30.6 Å². The van der Waals surface area contributed by atoms with Gasteiger partial charge in [-0.1, -0.05) is 12.7 Å². The summed E-state index contributed by atoms with van der Waals surface area (Å²) in [5.74, 6) is 0.266. The average Bonchev–Trinajstić information content (AvgIpc) is 3.15. The van der Waals surface area contributed by atoms with E-state index in [1.165, 1.54) is 17.2 Å². The summed E-state index contributed by atoms with van der Waals surface area (Å²) < 4.78 is 32.3. The molecule has 0 spiro atoms. The Labute approximate surface area is 143 Å². The Bertz CT molecular complexity index is 748. The zero-order valence-electron chi connectivity index (χ0n) is 12.4. The smallest absolute Gasteiger partial charge is 0.245 e. The summed E-state index contributed by atoms with van der Waals surface area (Å²) in [6, 6.07) is 0. The Morgan fingerprint density at radius 2 is 2.33 bits per heavy atom. The number of hydrogen-bond acceptors (Lipinski definition) is 8. The lowest BCUT2D eigenvalue weighted by Crippen LogP contribution is -2.31. The van der Waals surface area contributed by atoms with Gasteiger partial charge in [0.25, 0.3) is 0 Å². The molecule has 1 aliphatic rings. The highest BCUT2D eigenvalue weighted by atomic mass is 32.4. The van der Waals surface area contributed by atoms with Crippen LogP contribution in [0.15, 0.2) is 25.3 Å². The Balaban J connectivity index is 1.95. The third-order valence-electron chi connectivity index (χ3n) is 3.55. The monoisotopic (exact) mass is 372 g/mol. The van der Waals surface area contributed by atoms with E-state index in [-0.39, 0.29) is 26.7 Å². The van der Waals surface area contributed by atoms with Crippen molar-refractivity contribution in [2.45, 2.75) is 24.6 Å². The first-order valence-corrected chi connectivity index (χ1v) is 8.84. The van der Waals surface area contributed by atoms with Crippen LogP contribution in [0.25, 0.3) is 11.2 Å². The van der Waals surface area contributed by atoms with Crippen molar-refractivity contribution in [3.63, 3.8) is 0 Å². The van der Waals surface area contributed by atoms with E-state index in [1.54, 1.807) is 6.08 Å². The minimum absolute atomic E-state index is 0.141. The van der Waals surface area contributed by atoms with Crippen molar-refractivity contribution in [1.29, 1.82) is 0 Å². The number of aliphatic hydroxyl groups excluding tert-OH is 1. The van der Waals surface area contributed by atoms with Crippen molar-refractivity contribution in [2.24, 2.45) is 0 Å². The van der Waals surface area contributed by atoms with Crippen molar-refractivity contribution in [2.75, 3.05) is 13.2 Å². The highest BCUT2D eigenvalue weighted by Crippen LogP contribution is 2.37. The largest absolute Gasteiger partial charge is 0.472 e. The third-order valence-corrected chi connectivity index (χ3v) is 4.14. The van der Waals surface area contributed by atoms with Gasteiger partial charge in [0.1, 0.15) is 32.7 Å². The summed E-state index contributed by atoms with van der Waals surface area (Å²) in [6.45, 7) is 3.43. The first-order valence-electron chi connectivity index (χ1n) is 7.01. The van der Waals surface area contributed by atoms with Crippen LogP contribution in [0.1, 0.15) is 6.23 Å². The minimum Gasteiger partial charge on any atom is -0.472 e. The molecule has 8 nitrogen and oxygen atoms in total. The molecule has 0 radical (unpaired) electrons. The van der Waals surface area contributed by atoms with Crippen molar-refractivity contribution in [3.05, 3.63) is 25.3 Å². The van der Waals surface area contributed by atoms with E-state index in [1.807, 2.05) is 0 Å². The van der Waals surface area contributed by atoms with Crippen molar-refractivity contribution < 1.29 is 23.5 Å². The highest BCUT2D eigenvalue weighted by molar-refractivity contribution is 7.94. The van der Waals surface area contributed by atoms with Crippen LogP contribution in [0.3, 0.4) is 0 Å². The molecule has 0 aromatic carbocycles. The average molecular weight is 372 g/mol. The van der Waals surface area contributed by atoms with E-state index in [0.29, 0.717) is 11.2 Å². The van der Waals surface area contributed by atoms with Gasteiger partial charge in [0.2, 0.25) is 5.88 Å². The number of fused-ring (bicyclic) bond motifs is 1. The van der Waals surface area contributed by atoms with Crippen LogP contribution in [0.2, 0.25) is 0 Å². The van der Waals surface area contributed by atoms with Gasteiger partial charge < -0.3 is 19.1 Å². The first-order chi connectivity index (χ1) is 11.7. The summed E-state index contributed by atoms with van der Waals surface area (Å²) in [7, 11) is 0.141. The Morgan fingerprint density at radius 3 is 3.04 bits per heavy atom. The number of aliphatic hydroxyl groups is 1. The maximum Gasteiger partial charge on any atom is 0.245 e. The van der Waals surface area contributed by atoms with Crippen molar-refractivity contribution in [3.8, 4) is 5.88 Å². The topological polar surface area (TPSA) is 91.5 Å². The Hall–Kier alpha value is -1.58. The summed E-state index contributed by atoms with van der Waals surface area (Å²) in [4.78, 5) is 12.3. The molecule has 0 saturated carbocycles. The van der Waals surface area contributed by atoms with Crippen LogP contribution < -0.4 is 4.74 Å². The SMILES string of the molecule is C=CCOc1ncnc2c1ncn2C1O[C@H](CO)[C@@H](OP=S)[C@H]1F. The molecule has 3 heterocycles. The van der Waals surface area contributed by atoms with Gasteiger partial charge in [-0.3, -0.25) is 4.57 Å². The fourth-order valence-electron chi connectivity index (χ4n) is 2.50. The van der Waals surface area contributed by atoms with E-state index in [4.69, 9.17) is 25.8 Å². The lowest BCUT2D eigenvalue weighted by Gasteiger charge is -2.15. The predicted octanol–water partition coefficient (Wildman–Crippen LogP) is 1.33. The lowest BCUT2D eigenvalue weighted by atomic mass is 10.1. The molecule has 2 aromatic rings. The quantitative estimate of drug-likeness (QED) is 0.575. The number of nitrogens with zero attached hydrogens (tertiary/aromatic N) is 4. The number of alkyl halides is 1. The van der Waals surface area contributed by atoms with Gasteiger partial charge in [-0.2, -0.15) is 4.98 Å². The molecule has 24 heavy (non-hydrogen) atoms. The van der Waals surface area contributed by atoms with Crippen LogP contribution in [0.4, 0.5) is 4.39 Å². The molecule has 0 aliphatic carbocycles. The van der Waals surface area contributed by atoms with Crippen LogP contribution in [0.5, 0.6) is 5.88 Å². The number of ether oxygens (including phenoxy) is 2. The second-order valence-electron chi connectivity index (χ2n) is 4.94. The third kappa shape index (κ3) is 3.03. The highest BCUT2D eigenvalue weighted by Gasteiger charge is 2.47. The fourth-order valence-corrected chi connectivity index (χ4v) is 3.15. The van der Waals surface area contributed by atoms with Crippen LogP contribution >= 0.6 is 7.58 Å². The van der Waals surface area contributed by atoms with Gasteiger partial charge in [-0.15, -0.1) is 0 Å². The summed E-state index contributed by atoms with van der Waals surface area (Å²) >= 11 is 4.70. The van der Waals surface area contributed by atoms with Gasteiger partial charge in [0.05, 0.1) is 12.9 Å². The standard InChI is InChI=1S/C13H14FN4O4PS/c1-2-3-20-12-9-11(15-5-16-12)18(6-17-9)13-8(14)10(22-23-24)7(4-19)21-13/h2,5-8,10,13,19H,1,3-4H2/t7-,8-,10-,13?/m1/s1. The lowest BCUT2D eigenvalue weighted by molar-refractivity contribution is -0.0423. The first kappa shape index (κ1) is 17.2. The van der Waals surface area contributed by atoms with Crippen LogP contribution in [-0.4, -0.2) is 56.2 Å². The molecule has 1 N–H and O–H groups in total. The van der Waals surface area contributed by atoms with E-state index < -0.39 is 24.6 Å². The van der Waals surface area contributed by atoms with Gasteiger partial charge in [-0.25, -0.2) is 14.4 Å². The number of halogens is 1. The van der Waals surface area contributed by atoms with Gasteiger partial charge in [-0.05, 0) is 11.8 Å². The molecule has 0 amide bonds. The number of hydrogen-bond donors (Lipinski definition) is 1. The van der Waals surface area contributed by atoms with E-state index in [9.17, 15) is 9.50 Å². The molecular weight excluding hydrogens is 358 g/mol. The molecule has 0 bridgehead atoms. The summed E-state index contributed by atoms with van der Waals surface area (Å²) in [5, 5.41) is 9.36. The van der Waals surface area contributed by atoms with Gasteiger partial charge >= 0.3 is 0 Å². The van der Waals surface area contributed by atoms with E-state index >= 15 is 0 Å². The molecule has 128 valence electrons. The maximum absolute atomic E-state index is 14.7. The zero-order valence-corrected chi connectivity index (χ0v) is 14.1. The minimum atomic E-state index is -1.54. The molecular formula is C13H14FN4O4PS. The van der Waals surface area contributed by atoms with Crippen molar-refractivity contribution in [1.82, 2.24) is 19.5 Å². The van der Waals surface area contributed by atoms with Crippen LogP contribution in [-0.2, 0) is 21.1 Å². The number of rotatable bonds is 7. The molecule has 2 aromatic heterocycles. The second kappa shape index (κ2) is 7.54.